The molecule has 108 valence electrons. The Morgan fingerprint density at radius 3 is 2.42 bits per heavy atom. The van der Waals surface area contributed by atoms with Crippen LogP contribution in [-0.4, -0.2) is 41.9 Å². The van der Waals surface area contributed by atoms with Crippen molar-refractivity contribution < 1.29 is 24.2 Å². The molecule has 8 heteroatoms. The van der Waals surface area contributed by atoms with Gasteiger partial charge < -0.3 is 26.2 Å². The van der Waals surface area contributed by atoms with Gasteiger partial charge in [0.25, 0.3) is 0 Å². The van der Waals surface area contributed by atoms with Gasteiger partial charge in [0.05, 0.1) is 18.5 Å². The van der Waals surface area contributed by atoms with E-state index in [-0.39, 0.29) is 19.6 Å². The number of carboxylic acid groups (broad SMARTS) is 1. The van der Waals surface area contributed by atoms with Crippen molar-refractivity contribution in [3.63, 3.8) is 0 Å². The molecule has 0 aliphatic heterocycles. The Hall–Kier alpha value is -1.99. The van der Waals surface area contributed by atoms with Gasteiger partial charge in [0.1, 0.15) is 6.61 Å². The number of carboxylic acids is 1. The third-order valence-corrected chi connectivity index (χ3v) is 3.06. The molecule has 0 radical (unpaired) electrons. The van der Waals surface area contributed by atoms with Crippen LogP contribution in [0.2, 0.25) is 0 Å². The summed E-state index contributed by atoms with van der Waals surface area (Å²) in [6.45, 7) is 0.104. The highest BCUT2D eigenvalue weighted by Gasteiger charge is 2.37. The number of carbonyl (C=O) groups excluding carboxylic acids is 2. The first-order chi connectivity index (χ1) is 8.93. The number of ether oxygens (including phenoxy) is 1. The fourth-order valence-electron chi connectivity index (χ4n) is 2.29. The number of amides is 3. The minimum Gasteiger partial charge on any atom is -0.481 e. The van der Waals surface area contributed by atoms with Crippen LogP contribution in [0.5, 0.6) is 0 Å². The lowest BCUT2D eigenvalue weighted by Gasteiger charge is -2.28. The number of nitrogens with two attached hydrogens (primary N) is 1. The number of hydrogen-bond acceptors (Lipinski definition) is 4. The smallest absolute Gasteiger partial charge is 0.404 e. The van der Waals surface area contributed by atoms with Crippen molar-refractivity contribution >= 4 is 18.1 Å². The normalized spacial score (nSPS) is 16.6. The van der Waals surface area contributed by atoms with E-state index >= 15 is 0 Å². The fourth-order valence-corrected chi connectivity index (χ4v) is 2.29. The van der Waals surface area contributed by atoms with Crippen molar-refractivity contribution in [2.24, 2.45) is 5.73 Å². The van der Waals surface area contributed by atoms with Crippen LogP contribution in [0.4, 0.5) is 9.59 Å². The average molecular weight is 273 g/mol. The van der Waals surface area contributed by atoms with Crippen LogP contribution in [0.1, 0.15) is 32.1 Å². The Morgan fingerprint density at radius 1 is 1.26 bits per heavy atom. The maximum Gasteiger partial charge on any atom is 0.404 e. The standard InChI is InChI=1S/C11H19N3O5/c12-9(17)19-6-5-13-10(18)14-11(7-8(15)16)3-1-2-4-11/h1-7H2,(H2,12,17)(H,15,16)(H2,13,14,18). The highest BCUT2D eigenvalue weighted by Crippen LogP contribution is 2.32. The van der Waals surface area contributed by atoms with E-state index in [0.717, 1.165) is 12.8 Å². The van der Waals surface area contributed by atoms with Crippen LogP contribution in [-0.2, 0) is 9.53 Å². The predicted molar refractivity (Wildman–Crippen MR) is 65.5 cm³/mol. The predicted octanol–water partition coefficient (Wildman–Crippen LogP) is 0.168. The Morgan fingerprint density at radius 2 is 1.89 bits per heavy atom. The first-order valence-electron chi connectivity index (χ1n) is 6.14. The lowest BCUT2D eigenvalue weighted by Crippen LogP contribution is -2.52. The van der Waals surface area contributed by atoms with Crippen LogP contribution in [0.25, 0.3) is 0 Å². The monoisotopic (exact) mass is 273 g/mol. The van der Waals surface area contributed by atoms with Gasteiger partial charge in [0.15, 0.2) is 0 Å². The van der Waals surface area contributed by atoms with E-state index in [0.29, 0.717) is 12.8 Å². The minimum absolute atomic E-state index is 0.0192. The highest BCUT2D eigenvalue weighted by molar-refractivity contribution is 5.76. The van der Waals surface area contributed by atoms with Gasteiger partial charge in [0.2, 0.25) is 0 Å². The number of aliphatic carboxylic acids is 1. The van der Waals surface area contributed by atoms with Crippen LogP contribution < -0.4 is 16.4 Å². The summed E-state index contributed by atoms with van der Waals surface area (Å²) >= 11 is 0. The van der Waals surface area contributed by atoms with Crippen molar-refractivity contribution in [2.75, 3.05) is 13.2 Å². The Balaban J connectivity index is 2.35. The lowest BCUT2D eigenvalue weighted by molar-refractivity contribution is -0.138. The Kier molecular flexibility index (Phi) is 5.40. The molecule has 0 heterocycles. The molecule has 1 aliphatic rings. The molecule has 0 unspecified atom stereocenters. The number of rotatable bonds is 6. The number of hydrogen-bond donors (Lipinski definition) is 4. The number of urea groups is 1. The summed E-state index contributed by atoms with van der Waals surface area (Å²) < 4.78 is 4.45. The van der Waals surface area contributed by atoms with Gasteiger partial charge in [-0.15, -0.1) is 0 Å². The van der Waals surface area contributed by atoms with Gasteiger partial charge in [-0.05, 0) is 12.8 Å². The van der Waals surface area contributed by atoms with Crippen molar-refractivity contribution in [2.45, 2.75) is 37.6 Å². The van der Waals surface area contributed by atoms with Crippen LogP contribution in [0.15, 0.2) is 0 Å². The number of primary amides is 1. The summed E-state index contributed by atoms with van der Waals surface area (Å²) in [6.07, 6.45) is 2.13. The molecule has 1 saturated carbocycles. The second-order valence-electron chi connectivity index (χ2n) is 4.61. The maximum absolute atomic E-state index is 11.6. The largest absolute Gasteiger partial charge is 0.481 e. The third-order valence-electron chi connectivity index (χ3n) is 3.06. The summed E-state index contributed by atoms with van der Waals surface area (Å²) in [5.41, 5.74) is 4.10. The van der Waals surface area contributed by atoms with E-state index in [1.165, 1.54) is 0 Å². The molecule has 0 aromatic heterocycles. The van der Waals surface area contributed by atoms with Gasteiger partial charge in [-0.3, -0.25) is 4.79 Å². The summed E-state index contributed by atoms with van der Waals surface area (Å²) in [5.74, 6) is -0.931. The lowest BCUT2D eigenvalue weighted by atomic mass is 9.93. The van der Waals surface area contributed by atoms with Crippen molar-refractivity contribution in [3.05, 3.63) is 0 Å². The summed E-state index contributed by atoms with van der Waals surface area (Å²) in [6, 6.07) is -0.462. The fraction of sp³-hybridized carbons (Fsp3) is 0.727. The molecule has 0 atom stereocenters. The van der Waals surface area contributed by atoms with Gasteiger partial charge in [-0.25, -0.2) is 9.59 Å². The van der Waals surface area contributed by atoms with E-state index in [1.807, 2.05) is 0 Å². The Labute approximate surface area is 110 Å². The van der Waals surface area contributed by atoms with E-state index in [4.69, 9.17) is 10.8 Å². The zero-order chi connectivity index (χ0) is 14.3. The molecule has 1 fully saturated rings. The zero-order valence-electron chi connectivity index (χ0n) is 10.6. The van der Waals surface area contributed by atoms with Crippen molar-refractivity contribution in [1.29, 1.82) is 0 Å². The molecule has 0 spiro atoms. The quantitative estimate of drug-likeness (QED) is 0.512. The third kappa shape index (κ3) is 5.45. The molecular formula is C11H19N3O5. The van der Waals surface area contributed by atoms with E-state index < -0.39 is 23.6 Å². The number of carbonyl (C=O) groups is 3. The maximum atomic E-state index is 11.6. The second-order valence-corrected chi connectivity index (χ2v) is 4.61. The van der Waals surface area contributed by atoms with Crippen molar-refractivity contribution in [1.82, 2.24) is 10.6 Å². The SMILES string of the molecule is NC(=O)OCCNC(=O)NC1(CC(=O)O)CCCC1. The average Bonchev–Trinajstić information content (AvgIpc) is 2.71. The molecular weight excluding hydrogens is 254 g/mol. The molecule has 8 nitrogen and oxygen atoms in total. The van der Waals surface area contributed by atoms with Gasteiger partial charge in [0, 0.05) is 0 Å². The molecule has 0 bridgehead atoms. The summed E-state index contributed by atoms with van der Waals surface area (Å²) in [5, 5.41) is 14.1. The van der Waals surface area contributed by atoms with E-state index in [2.05, 4.69) is 15.4 Å². The van der Waals surface area contributed by atoms with Gasteiger partial charge in [-0.1, -0.05) is 12.8 Å². The first-order valence-corrected chi connectivity index (χ1v) is 6.14. The summed E-state index contributed by atoms with van der Waals surface area (Å²) in [4.78, 5) is 32.8. The van der Waals surface area contributed by atoms with Crippen molar-refractivity contribution in [3.8, 4) is 0 Å². The van der Waals surface area contributed by atoms with E-state index in [1.54, 1.807) is 0 Å². The molecule has 5 N–H and O–H groups in total. The van der Waals surface area contributed by atoms with Gasteiger partial charge >= 0.3 is 18.1 Å². The molecule has 1 rings (SSSR count). The van der Waals surface area contributed by atoms with Crippen LogP contribution in [0, 0.1) is 0 Å². The molecule has 3 amide bonds. The summed E-state index contributed by atoms with van der Waals surface area (Å²) in [7, 11) is 0. The zero-order valence-corrected chi connectivity index (χ0v) is 10.6. The second kappa shape index (κ2) is 6.81. The number of nitrogens with one attached hydrogen (secondary N) is 2. The highest BCUT2D eigenvalue weighted by atomic mass is 16.5. The Bertz CT molecular complexity index is 352. The topological polar surface area (TPSA) is 131 Å². The molecule has 19 heavy (non-hydrogen) atoms. The molecule has 0 aromatic carbocycles. The molecule has 1 aliphatic carbocycles. The van der Waals surface area contributed by atoms with Gasteiger partial charge in [-0.2, -0.15) is 0 Å². The molecule has 0 saturated heterocycles. The van der Waals surface area contributed by atoms with Crippen LogP contribution >= 0.6 is 0 Å². The minimum atomic E-state index is -0.931. The first kappa shape index (κ1) is 15.1. The molecule has 0 aromatic rings. The van der Waals surface area contributed by atoms with E-state index in [9.17, 15) is 14.4 Å². The van der Waals surface area contributed by atoms with Crippen LogP contribution in [0.3, 0.4) is 0 Å².